The predicted molar refractivity (Wildman–Crippen MR) is 134 cm³/mol. The van der Waals surface area contributed by atoms with Crippen LogP contribution in [0.5, 0.6) is 0 Å². The molecule has 2 aromatic rings. The lowest BCUT2D eigenvalue weighted by Crippen LogP contribution is -2.41. The molecule has 7 nitrogen and oxygen atoms in total. The van der Waals surface area contributed by atoms with E-state index in [0.29, 0.717) is 49.7 Å². The van der Waals surface area contributed by atoms with Gasteiger partial charge in [0.15, 0.2) is 0 Å². The van der Waals surface area contributed by atoms with Gasteiger partial charge in [0.2, 0.25) is 5.91 Å². The number of ether oxygens (including phenoxy) is 1. The molecular weight excluding hydrogens is 511 g/mol. The van der Waals surface area contributed by atoms with Gasteiger partial charge in [-0.3, -0.25) is 14.9 Å². The first kappa shape index (κ1) is 27.2. The van der Waals surface area contributed by atoms with Gasteiger partial charge in [0.25, 0.3) is 5.69 Å². The molecule has 2 fully saturated rings. The number of carbonyl (C=O) groups excluding carboxylic acids is 1. The molecule has 4 rings (SSSR count). The third kappa shape index (κ3) is 7.13. The van der Waals surface area contributed by atoms with Crippen molar-refractivity contribution in [2.24, 2.45) is 0 Å². The average Bonchev–Trinajstić information content (AvgIpc) is 2.88. The van der Waals surface area contributed by atoms with Crippen molar-refractivity contribution in [2.45, 2.75) is 62.8 Å². The van der Waals surface area contributed by atoms with Crippen LogP contribution in [0.3, 0.4) is 0 Å². The SMILES string of the molecule is O=C(CO[C@H]1CC[C@H](Nc2ccc([N+](=O)[O-])c(C(F)(F)F)c2)CC1)N1CCC(c2ccc(Cl)cc2)CC1. The molecule has 1 N–H and O–H groups in total. The Hall–Kier alpha value is -2.85. The topological polar surface area (TPSA) is 84.7 Å². The molecule has 200 valence electrons. The summed E-state index contributed by atoms with van der Waals surface area (Å²) in [4.78, 5) is 24.4. The molecule has 1 heterocycles. The van der Waals surface area contributed by atoms with Crippen molar-refractivity contribution < 1.29 is 27.6 Å². The molecule has 1 aliphatic heterocycles. The highest BCUT2D eigenvalue weighted by atomic mass is 35.5. The maximum atomic E-state index is 13.2. The standard InChI is InChI=1S/C26H29ClF3N3O4/c27-19-3-1-17(2-4-19)18-11-13-32(14-12-18)25(34)16-37-22-8-5-20(6-9-22)31-21-7-10-24(33(35)36)23(15-21)26(28,29)30/h1-4,7,10,15,18,20,22,31H,5-6,8-9,11-14,16H2/t20-,22-. The first-order chi connectivity index (χ1) is 17.6. The summed E-state index contributed by atoms with van der Waals surface area (Å²) >= 11 is 5.97. The molecule has 2 aliphatic rings. The van der Waals surface area contributed by atoms with Gasteiger partial charge < -0.3 is 15.0 Å². The van der Waals surface area contributed by atoms with Crippen LogP contribution in [0.4, 0.5) is 24.5 Å². The third-order valence-corrected chi connectivity index (χ3v) is 7.43. The Morgan fingerprint density at radius 3 is 2.30 bits per heavy atom. The van der Waals surface area contributed by atoms with E-state index in [0.717, 1.165) is 25.0 Å². The first-order valence-corrected chi connectivity index (χ1v) is 12.7. The minimum atomic E-state index is -4.82. The van der Waals surface area contributed by atoms with Gasteiger partial charge in [0.1, 0.15) is 12.2 Å². The van der Waals surface area contributed by atoms with Gasteiger partial charge in [-0.1, -0.05) is 23.7 Å². The van der Waals surface area contributed by atoms with Crippen molar-refractivity contribution in [1.29, 1.82) is 0 Å². The lowest BCUT2D eigenvalue weighted by atomic mass is 9.89. The van der Waals surface area contributed by atoms with E-state index in [-0.39, 0.29) is 30.3 Å². The van der Waals surface area contributed by atoms with Crippen LogP contribution in [0.2, 0.25) is 5.02 Å². The van der Waals surface area contributed by atoms with Crippen molar-refractivity contribution in [3.05, 3.63) is 68.7 Å². The molecule has 0 unspecified atom stereocenters. The molecule has 11 heteroatoms. The number of amides is 1. The molecular formula is C26H29ClF3N3O4. The van der Waals surface area contributed by atoms with E-state index in [1.54, 1.807) is 0 Å². The molecule has 0 spiro atoms. The lowest BCUT2D eigenvalue weighted by Gasteiger charge is -2.33. The zero-order valence-corrected chi connectivity index (χ0v) is 20.9. The molecule has 0 radical (unpaired) electrons. The number of halogens is 4. The van der Waals surface area contributed by atoms with Gasteiger partial charge in [0.05, 0.1) is 11.0 Å². The third-order valence-electron chi connectivity index (χ3n) is 7.18. The minimum Gasteiger partial charge on any atom is -0.382 e. The number of nitrogens with zero attached hydrogens (tertiary/aromatic N) is 2. The first-order valence-electron chi connectivity index (χ1n) is 12.4. The minimum absolute atomic E-state index is 0.0195. The number of nitro benzene ring substituents is 1. The second-order valence-electron chi connectivity index (χ2n) is 9.62. The molecule has 1 saturated carbocycles. The smallest absolute Gasteiger partial charge is 0.382 e. The summed E-state index contributed by atoms with van der Waals surface area (Å²) < 4.78 is 45.6. The average molecular weight is 540 g/mol. The van der Waals surface area contributed by atoms with E-state index < -0.39 is 22.4 Å². The number of nitrogens with one attached hydrogen (secondary N) is 1. The quantitative estimate of drug-likeness (QED) is 0.324. The van der Waals surface area contributed by atoms with Gasteiger partial charge in [-0.25, -0.2) is 0 Å². The summed E-state index contributed by atoms with van der Waals surface area (Å²) in [5.41, 5.74) is -0.801. The molecule has 1 saturated heterocycles. The number of benzene rings is 2. The number of likely N-dealkylation sites (tertiary alicyclic amines) is 1. The van der Waals surface area contributed by atoms with E-state index in [9.17, 15) is 28.1 Å². The van der Waals surface area contributed by atoms with E-state index in [1.807, 2.05) is 29.2 Å². The largest absolute Gasteiger partial charge is 0.423 e. The Kier molecular flexibility index (Phi) is 8.59. The van der Waals surface area contributed by atoms with Gasteiger partial charge in [-0.15, -0.1) is 0 Å². The van der Waals surface area contributed by atoms with E-state index in [2.05, 4.69) is 5.32 Å². The molecule has 0 bridgehead atoms. The highest BCUT2D eigenvalue weighted by Gasteiger charge is 2.38. The highest BCUT2D eigenvalue weighted by molar-refractivity contribution is 6.30. The lowest BCUT2D eigenvalue weighted by molar-refractivity contribution is -0.388. The van der Waals surface area contributed by atoms with Crippen molar-refractivity contribution in [3.8, 4) is 0 Å². The van der Waals surface area contributed by atoms with Crippen LogP contribution in [0.25, 0.3) is 0 Å². The summed E-state index contributed by atoms with van der Waals surface area (Å²) in [5.74, 6) is 0.383. The summed E-state index contributed by atoms with van der Waals surface area (Å²) in [6.45, 7) is 1.38. The van der Waals surface area contributed by atoms with Crippen LogP contribution in [-0.4, -0.2) is 47.6 Å². The summed E-state index contributed by atoms with van der Waals surface area (Å²) in [6, 6.07) is 10.7. The fraction of sp³-hybridized carbons (Fsp3) is 0.500. The molecule has 0 atom stereocenters. The summed E-state index contributed by atoms with van der Waals surface area (Å²) in [5, 5.41) is 14.7. The summed E-state index contributed by atoms with van der Waals surface area (Å²) in [6.07, 6.45) is -0.468. The Balaban J connectivity index is 1.20. The zero-order chi connectivity index (χ0) is 26.6. The normalized spacial score (nSPS) is 21.0. The van der Waals surface area contributed by atoms with E-state index in [1.165, 1.54) is 11.6 Å². The number of piperidine rings is 1. The maximum absolute atomic E-state index is 13.2. The van der Waals surface area contributed by atoms with Crippen LogP contribution in [-0.2, 0) is 15.7 Å². The molecule has 37 heavy (non-hydrogen) atoms. The Morgan fingerprint density at radius 1 is 1.05 bits per heavy atom. The summed E-state index contributed by atoms with van der Waals surface area (Å²) in [7, 11) is 0. The van der Waals surface area contributed by atoms with E-state index >= 15 is 0 Å². The van der Waals surface area contributed by atoms with Crippen molar-refractivity contribution in [1.82, 2.24) is 4.90 Å². The fourth-order valence-electron chi connectivity index (χ4n) is 5.10. The second-order valence-corrected chi connectivity index (χ2v) is 10.1. The van der Waals surface area contributed by atoms with Crippen LogP contribution in [0, 0.1) is 10.1 Å². The van der Waals surface area contributed by atoms with Gasteiger partial charge in [0, 0.05) is 35.9 Å². The number of anilines is 1. The zero-order valence-electron chi connectivity index (χ0n) is 20.2. The van der Waals surface area contributed by atoms with Gasteiger partial charge in [-0.2, -0.15) is 13.2 Å². The van der Waals surface area contributed by atoms with Crippen LogP contribution in [0.15, 0.2) is 42.5 Å². The number of hydrogen-bond donors (Lipinski definition) is 1. The molecule has 0 aromatic heterocycles. The van der Waals surface area contributed by atoms with Crippen molar-refractivity contribution >= 4 is 28.9 Å². The Bertz CT molecular complexity index is 1100. The monoisotopic (exact) mass is 539 g/mol. The van der Waals surface area contributed by atoms with Crippen molar-refractivity contribution in [2.75, 3.05) is 25.0 Å². The van der Waals surface area contributed by atoms with Crippen LogP contribution < -0.4 is 5.32 Å². The molecule has 1 aliphatic carbocycles. The van der Waals surface area contributed by atoms with Crippen molar-refractivity contribution in [3.63, 3.8) is 0 Å². The Labute approximate surface area is 218 Å². The number of carbonyl (C=O) groups is 1. The predicted octanol–water partition coefficient (Wildman–Crippen LogP) is 6.41. The fourth-order valence-corrected chi connectivity index (χ4v) is 5.23. The highest BCUT2D eigenvalue weighted by Crippen LogP contribution is 2.38. The molecule has 1 amide bonds. The number of hydrogen-bond acceptors (Lipinski definition) is 5. The maximum Gasteiger partial charge on any atom is 0.423 e. The van der Waals surface area contributed by atoms with Crippen LogP contribution in [0.1, 0.15) is 55.6 Å². The van der Waals surface area contributed by atoms with Gasteiger partial charge in [-0.05, 0) is 74.3 Å². The number of nitro groups is 1. The number of alkyl halides is 3. The molecule has 2 aromatic carbocycles. The second kappa shape index (κ2) is 11.7. The Morgan fingerprint density at radius 2 is 1.70 bits per heavy atom. The van der Waals surface area contributed by atoms with Gasteiger partial charge >= 0.3 is 6.18 Å². The van der Waals surface area contributed by atoms with Crippen LogP contribution >= 0.6 is 11.6 Å². The van der Waals surface area contributed by atoms with E-state index in [4.69, 9.17) is 16.3 Å². The number of rotatable bonds is 7.